The van der Waals surface area contributed by atoms with Crippen molar-refractivity contribution in [3.05, 3.63) is 57.5 Å². The van der Waals surface area contributed by atoms with E-state index in [-0.39, 0.29) is 18.2 Å². The maximum absolute atomic E-state index is 13.4. The van der Waals surface area contributed by atoms with Crippen LogP contribution < -0.4 is 5.32 Å². The fourth-order valence-corrected chi connectivity index (χ4v) is 2.36. The van der Waals surface area contributed by atoms with Gasteiger partial charge in [0.1, 0.15) is 5.82 Å². The van der Waals surface area contributed by atoms with E-state index in [4.69, 9.17) is 0 Å². The minimum absolute atomic E-state index is 0.0394. The Morgan fingerprint density at radius 3 is 2.56 bits per heavy atom. The summed E-state index contributed by atoms with van der Waals surface area (Å²) < 4.78 is 39.1. The lowest BCUT2D eigenvalue weighted by molar-refractivity contribution is 0.482. The highest BCUT2D eigenvalue weighted by atomic mass is 32.1. The number of halogens is 3. The molecule has 0 radical (unpaired) electrons. The first-order chi connectivity index (χ1) is 8.58. The summed E-state index contributed by atoms with van der Waals surface area (Å²) in [6.45, 7) is 2.09. The zero-order valence-corrected chi connectivity index (χ0v) is 10.5. The molecule has 0 amide bonds. The van der Waals surface area contributed by atoms with E-state index in [0.717, 1.165) is 10.9 Å². The van der Waals surface area contributed by atoms with Gasteiger partial charge in [-0.1, -0.05) is 6.07 Å². The number of benzene rings is 1. The van der Waals surface area contributed by atoms with E-state index in [1.165, 1.54) is 0 Å². The van der Waals surface area contributed by atoms with E-state index in [1.54, 1.807) is 11.3 Å². The molecule has 2 aromatic rings. The largest absolute Gasteiger partial charge is 0.305 e. The molecule has 5 heteroatoms. The first kappa shape index (κ1) is 13.1. The van der Waals surface area contributed by atoms with E-state index in [2.05, 4.69) is 5.32 Å². The Morgan fingerprint density at radius 2 is 1.89 bits per heavy atom. The number of hydrogen-bond acceptors (Lipinski definition) is 2. The fraction of sp³-hybridized carbons (Fsp3) is 0.231. The summed E-state index contributed by atoms with van der Waals surface area (Å²) in [6.07, 6.45) is 0. The Morgan fingerprint density at radius 1 is 1.17 bits per heavy atom. The minimum atomic E-state index is -1.16. The van der Waals surface area contributed by atoms with Gasteiger partial charge in [0.25, 0.3) is 0 Å². The molecule has 0 unspecified atom stereocenters. The molecule has 1 atom stereocenters. The molecule has 0 aliphatic heterocycles. The normalized spacial score (nSPS) is 12.7. The highest BCUT2D eigenvalue weighted by molar-refractivity contribution is 7.10. The van der Waals surface area contributed by atoms with Crippen LogP contribution in [0.5, 0.6) is 0 Å². The molecule has 1 aromatic carbocycles. The number of thiophene rings is 1. The first-order valence-corrected chi connectivity index (χ1v) is 6.36. The highest BCUT2D eigenvalue weighted by Gasteiger charge is 2.11. The van der Waals surface area contributed by atoms with Crippen LogP contribution in [-0.4, -0.2) is 0 Å². The van der Waals surface area contributed by atoms with Crippen LogP contribution in [0.3, 0.4) is 0 Å². The van der Waals surface area contributed by atoms with Crippen molar-refractivity contribution in [1.82, 2.24) is 5.32 Å². The van der Waals surface area contributed by atoms with E-state index in [1.807, 2.05) is 24.4 Å². The molecule has 0 saturated carbocycles. The van der Waals surface area contributed by atoms with Gasteiger partial charge in [0.05, 0.1) is 0 Å². The van der Waals surface area contributed by atoms with Gasteiger partial charge in [0, 0.05) is 29.1 Å². The molecule has 0 bridgehead atoms. The standard InChI is InChI=1S/C13H12F3NS/c1-8(13-3-2-4-18-13)17-7-9-5-11(15)12(16)6-10(9)14/h2-6,8,17H,7H2,1H3/t8-/m1/s1. The fourth-order valence-electron chi connectivity index (χ4n) is 1.60. The van der Waals surface area contributed by atoms with Crippen LogP contribution in [0.15, 0.2) is 29.6 Å². The SMILES string of the molecule is C[C@@H](NCc1cc(F)c(F)cc1F)c1cccs1. The molecule has 1 aromatic heterocycles. The number of nitrogens with one attached hydrogen (secondary N) is 1. The van der Waals surface area contributed by atoms with Crippen molar-refractivity contribution in [3.8, 4) is 0 Å². The molecular formula is C13H12F3NS. The van der Waals surface area contributed by atoms with Crippen LogP contribution in [0.25, 0.3) is 0 Å². The third kappa shape index (κ3) is 2.91. The van der Waals surface area contributed by atoms with Crippen LogP contribution in [0, 0.1) is 17.5 Å². The van der Waals surface area contributed by atoms with E-state index in [9.17, 15) is 13.2 Å². The monoisotopic (exact) mass is 271 g/mol. The Bertz CT molecular complexity index is 525. The molecule has 0 saturated heterocycles. The van der Waals surface area contributed by atoms with Gasteiger partial charge in [-0.2, -0.15) is 0 Å². The number of hydrogen-bond donors (Lipinski definition) is 1. The molecule has 0 aliphatic rings. The van der Waals surface area contributed by atoms with E-state index >= 15 is 0 Å². The van der Waals surface area contributed by atoms with Gasteiger partial charge in [-0.25, -0.2) is 13.2 Å². The Labute approximate surface area is 107 Å². The van der Waals surface area contributed by atoms with Gasteiger partial charge < -0.3 is 5.32 Å². The van der Waals surface area contributed by atoms with Crippen molar-refractivity contribution in [1.29, 1.82) is 0 Å². The van der Waals surface area contributed by atoms with Crippen LogP contribution in [0.4, 0.5) is 13.2 Å². The summed E-state index contributed by atoms with van der Waals surface area (Å²) in [7, 11) is 0. The average molecular weight is 271 g/mol. The average Bonchev–Trinajstić information content (AvgIpc) is 2.85. The maximum Gasteiger partial charge on any atom is 0.161 e. The van der Waals surface area contributed by atoms with Crippen molar-refractivity contribution >= 4 is 11.3 Å². The van der Waals surface area contributed by atoms with Gasteiger partial charge >= 0.3 is 0 Å². The van der Waals surface area contributed by atoms with Crippen LogP contribution in [-0.2, 0) is 6.54 Å². The van der Waals surface area contributed by atoms with Crippen molar-refractivity contribution in [2.24, 2.45) is 0 Å². The zero-order valence-electron chi connectivity index (χ0n) is 9.71. The molecular weight excluding hydrogens is 259 g/mol. The Kier molecular flexibility index (Phi) is 4.04. The minimum Gasteiger partial charge on any atom is -0.305 e. The van der Waals surface area contributed by atoms with Crippen LogP contribution in [0.2, 0.25) is 0 Å². The summed E-state index contributed by atoms with van der Waals surface area (Å²) in [5.41, 5.74) is 0.123. The molecule has 0 aliphatic carbocycles. The molecule has 1 N–H and O–H groups in total. The van der Waals surface area contributed by atoms with Crippen molar-refractivity contribution < 1.29 is 13.2 Å². The molecule has 1 heterocycles. The van der Waals surface area contributed by atoms with Crippen LogP contribution in [0.1, 0.15) is 23.4 Å². The Balaban J connectivity index is 2.04. The molecule has 18 heavy (non-hydrogen) atoms. The Hall–Kier alpha value is -1.33. The summed E-state index contributed by atoms with van der Waals surface area (Å²) in [5, 5.41) is 5.02. The summed E-state index contributed by atoms with van der Waals surface area (Å²) in [6, 6.07) is 5.39. The predicted molar refractivity (Wildman–Crippen MR) is 65.9 cm³/mol. The van der Waals surface area contributed by atoms with Gasteiger partial charge in [-0.3, -0.25) is 0 Å². The predicted octanol–water partition coefficient (Wildman–Crippen LogP) is 4.02. The summed E-state index contributed by atoms with van der Waals surface area (Å²) in [4.78, 5) is 1.11. The second-order valence-electron chi connectivity index (χ2n) is 3.98. The lowest BCUT2D eigenvalue weighted by Gasteiger charge is -2.12. The highest BCUT2D eigenvalue weighted by Crippen LogP contribution is 2.19. The molecule has 1 nitrogen and oxygen atoms in total. The molecule has 0 fully saturated rings. The smallest absolute Gasteiger partial charge is 0.161 e. The third-order valence-electron chi connectivity index (χ3n) is 2.66. The lowest BCUT2D eigenvalue weighted by Crippen LogP contribution is -2.18. The number of rotatable bonds is 4. The van der Waals surface area contributed by atoms with Gasteiger partial charge in [0.15, 0.2) is 11.6 Å². The van der Waals surface area contributed by atoms with Crippen LogP contribution >= 0.6 is 11.3 Å². The van der Waals surface area contributed by atoms with Crippen molar-refractivity contribution in [2.75, 3.05) is 0 Å². The quantitative estimate of drug-likeness (QED) is 0.828. The summed E-state index contributed by atoms with van der Waals surface area (Å²) in [5.74, 6) is -2.93. The lowest BCUT2D eigenvalue weighted by atomic mass is 10.2. The maximum atomic E-state index is 13.4. The van der Waals surface area contributed by atoms with Gasteiger partial charge in [-0.15, -0.1) is 11.3 Å². The molecule has 0 spiro atoms. The second-order valence-corrected chi connectivity index (χ2v) is 4.96. The third-order valence-corrected chi connectivity index (χ3v) is 3.71. The van der Waals surface area contributed by atoms with E-state index < -0.39 is 17.5 Å². The topological polar surface area (TPSA) is 12.0 Å². The second kappa shape index (κ2) is 5.54. The van der Waals surface area contributed by atoms with E-state index in [0.29, 0.717) is 6.07 Å². The van der Waals surface area contributed by atoms with Gasteiger partial charge in [0.2, 0.25) is 0 Å². The summed E-state index contributed by atoms with van der Waals surface area (Å²) >= 11 is 1.59. The van der Waals surface area contributed by atoms with Gasteiger partial charge in [-0.05, 0) is 24.4 Å². The van der Waals surface area contributed by atoms with Crippen molar-refractivity contribution in [3.63, 3.8) is 0 Å². The zero-order chi connectivity index (χ0) is 13.1. The van der Waals surface area contributed by atoms with Crippen molar-refractivity contribution in [2.45, 2.75) is 19.5 Å². The molecule has 2 rings (SSSR count). The molecule has 96 valence electrons. The first-order valence-electron chi connectivity index (χ1n) is 5.48.